The van der Waals surface area contributed by atoms with E-state index in [0.717, 1.165) is 32.5 Å². The van der Waals surface area contributed by atoms with Gasteiger partial charge in [-0.25, -0.2) is 14.5 Å². The number of rotatable bonds is 4. The fraction of sp³-hybridized carbons (Fsp3) is 0.176. The number of imide groups is 1. The number of nitrogens with two attached hydrogens (primary N) is 1. The van der Waals surface area contributed by atoms with Gasteiger partial charge in [-0.05, 0) is 5.56 Å². The van der Waals surface area contributed by atoms with Gasteiger partial charge in [0.25, 0.3) is 5.56 Å². The lowest BCUT2D eigenvalue weighted by atomic mass is 10.1. The smallest absolute Gasteiger partial charge is 0.324 e. The second kappa shape index (κ2) is 7.05. The van der Waals surface area contributed by atoms with Gasteiger partial charge in [-0.2, -0.15) is 0 Å². The number of hydrogen-bond donors (Lipinski definition) is 2. The summed E-state index contributed by atoms with van der Waals surface area (Å²) < 4.78 is 0.962. The van der Waals surface area contributed by atoms with Crippen LogP contribution >= 0.6 is 23.1 Å². The SMILES string of the molecule is Nn1c(SCC(=O)N2CCNC2=O)nc2scc(-c3ccccc3)c2c1=O. The molecular weight excluding hydrogens is 386 g/mol. The quantitative estimate of drug-likeness (QED) is 0.389. The molecule has 10 heteroatoms. The number of amides is 3. The first-order valence-corrected chi connectivity index (χ1v) is 9.98. The molecule has 0 bridgehead atoms. The Morgan fingerprint density at radius 1 is 1.30 bits per heavy atom. The highest BCUT2D eigenvalue weighted by Gasteiger charge is 2.26. The van der Waals surface area contributed by atoms with Gasteiger partial charge >= 0.3 is 6.03 Å². The molecule has 3 heterocycles. The van der Waals surface area contributed by atoms with Crippen molar-refractivity contribution in [1.29, 1.82) is 0 Å². The van der Waals surface area contributed by atoms with E-state index in [9.17, 15) is 14.4 Å². The third kappa shape index (κ3) is 3.17. The molecule has 0 aliphatic carbocycles. The zero-order chi connectivity index (χ0) is 19.0. The van der Waals surface area contributed by atoms with Crippen LogP contribution in [0.5, 0.6) is 0 Å². The van der Waals surface area contributed by atoms with Crippen molar-refractivity contribution in [2.75, 3.05) is 24.7 Å². The Bertz CT molecular complexity index is 1090. The van der Waals surface area contributed by atoms with Crippen LogP contribution in [0.1, 0.15) is 0 Å². The molecule has 3 amide bonds. The first kappa shape index (κ1) is 17.6. The lowest BCUT2D eigenvalue weighted by molar-refractivity contribution is -0.124. The van der Waals surface area contributed by atoms with Crippen molar-refractivity contribution >= 4 is 45.3 Å². The second-order valence-electron chi connectivity index (χ2n) is 5.83. The number of hydrogen-bond acceptors (Lipinski definition) is 7. The molecule has 138 valence electrons. The Morgan fingerprint density at radius 2 is 2.07 bits per heavy atom. The normalized spacial score (nSPS) is 13.9. The molecule has 0 saturated carbocycles. The predicted molar refractivity (Wildman–Crippen MR) is 105 cm³/mol. The number of thiophene rings is 1. The van der Waals surface area contributed by atoms with Crippen molar-refractivity contribution in [3.8, 4) is 11.1 Å². The van der Waals surface area contributed by atoms with Crippen molar-refractivity contribution < 1.29 is 9.59 Å². The number of nitrogens with one attached hydrogen (secondary N) is 1. The maximum atomic E-state index is 12.8. The number of carbonyl (C=O) groups is 2. The van der Waals surface area contributed by atoms with Crippen molar-refractivity contribution in [3.05, 3.63) is 46.1 Å². The fourth-order valence-electron chi connectivity index (χ4n) is 2.83. The second-order valence-corrected chi connectivity index (χ2v) is 7.63. The monoisotopic (exact) mass is 401 g/mol. The van der Waals surface area contributed by atoms with Crippen molar-refractivity contribution in [3.63, 3.8) is 0 Å². The van der Waals surface area contributed by atoms with E-state index < -0.39 is 6.03 Å². The zero-order valence-electron chi connectivity index (χ0n) is 14.0. The number of benzene rings is 1. The van der Waals surface area contributed by atoms with E-state index in [2.05, 4.69) is 10.3 Å². The van der Waals surface area contributed by atoms with Gasteiger partial charge in [0, 0.05) is 24.0 Å². The molecule has 3 aromatic rings. The van der Waals surface area contributed by atoms with Crippen molar-refractivity contribution in [2.24, 2.45) is 0 Å². The molecule has 3 N–H and O–H groups in total. The Labute approximate surface area is 162 Å². The Hall–Kier alpha value is -2.85. The highest BCUT2D eigenvalue weighted by molar-refractivity contribution is 7.99. The summed E-state index contributed by atoms with van der Waals surface area (Å²) in [5.74, 6) is 5.57. The van der Waals surface area contributed by atoms with E-state index in [1.807, 2.05) is 35.7 Å². The number of nitrogens with zero attached hydrogens (tertiary/aromatic N) is 3. The molecule has 2 aromatic heterocycles. The molecule has 27 heavy (non-hydrogen) atoms. The molecular formula is C17H15N5O3S2. The van der Waals surface area contributed by atoms with E-state index in [1.54, 1.807) is 0 Å². The lowest BCUT2D eigenvalue weighted by Gasteiger charge is -2.12. The van der Waals surface area contributed by atoms with Crippen LogP contribution in [0.4, 0.5) is 4.79 Å². The molecule has 0 radical (unpaired) electrons. The standard InChI is InChI=1S/C17H15N5O3S2/c18-22-15(24)13-11(10-4-2-1-3-5-10)8-26-14(13)20-17(22)27-9-12(23)21-7-6-19-16(21)25/h1-5,8H,6-7,9,18H2,(H,19,25). The predicted octanol–water partition coefficient (Wildman–Crippen LogP) is 1.48. The van der Waals surface area contributed by atoms with Crippen LogP contribution in [0.3, 0.4) is 0 Å². The van der Waals surface area contributed by atoms with Crippen LogP contribution in [-0.2, 0) is 4.79 Å². The van der Waals surface area contributed by atoms with Crippen LogP contribution in [0.15, 0.2) is 45.7 Å². The number of fused-ring (bicyclic) bond motifs is 1. The van der Waals surface area contributed by atoms with Crippen LogP contribution in [0, 0.1) is 0 Å². The molecule has 0 spiro atoms. The van der Waals surface area contributed by atoms with Crippen LogP contribution in [0.25, 0.3) is 21.3 Å². The summed E-state index contributed by atoms with van der Waals surface area (Å²) in [4.78, 5) is 42.7. The number of thioether (sulfide) groups is 1. The lowest BCUT2D eigenvalue weighted by Crippen LogP contribution is -2.36. The van der Waals surface area contributed by atoms with Gasteiger partial charge < -0.3 is 11.2 Å². The Morgan fingerprint density at radius 3 is 2.78 bits per heavy atom. The molecule has 1 fully saturated rings. The van der Waals surface area contributed by atoms with Crippen molar-refractivity contribution in [2.45, 2.75) is 5.16 Å². The minimum Gasteiger partial charge on any atom is -0.336 e. The summed E-state index contributed by atoms with van der Waals surface area (Å²) in [6.45, 7) is 0.782. The van der Waals surface area contributed by atoms with E-state index in [1.165, 1.54) is 11.3 Å². The van der Waals surface area contributed by atoms with Crippen LogP contribution in [-0.4, -0.2) is 45.3 Å². The highest BCUT2D eigenvalue weighted by atomic mass is 32.2. The third-order valence-electron chi connectivity index (χ3n) is 4.17. The Balaban J connectivity index is 1.64. The van der Waals surface area contributed by atoms with Gasteiger partial charge in [0.2, 0.25) is 5.91 Å². The maximum Gasteiger partial charge on any atom is 0.324 e. The molecule has 8 nitrogen and oxygen atoms in total. The first-order chi connectivity index (χ1) is 13.1. The molecule has 1 aliphatic heterocycles. The average molecular weight is 401 g/mol. The first-order valence-electron chi connectivity index (χ1n) is 8.12. The molecule has 0 atom stereocenters. The van der Waals surface area contributed by atoms with Crippen LogP contribution < -0.4 is 16.7 Å². The van der Waals surface area contributed by atoms with E-state index in [-0.39, 0.29) is 22.4 Å². The minimum absolute atomic E-state index is 0.0283. The summed E-state index contributed by atoms with van der Waals surface area (Å²) >= 11 is 2.39. The van der Waals surface area contributed by atoms with E-state index in [4.69, 9.17) is 5.84 Å². The Kier molecular flexibility index (Phi) is 4.58. The largest absolute Gasteiger partial charge is 0.336 e. The van der Waals surface area contributed by atoms with Gasteiger partial charge in [0.15, 0.2) is 5.16 Å². The molecule has 0 unspecified atom stereocenters. The minimum atomic E-state index is -0.403. The van der Waals surface area contributed by atoms with E-state index in [0.29, 0.717) is 23.3 Å². The fourth-order valence-corrected chi connectivity index (χ4v) is 4.61. The summed E-state index contributed by atoms with van der Waals surface area (Å²) in [7, 11) is 0. The van der Waals surface area contributed by atoms with Gasteiger partial charge in [-0.1, -0.05) is 42.1 Å². The summed E-state index contributed by atoms with van der Waals surface area (Å²) in [5, 5.41) is 5.15. The summed E-state index contributed by atoms with van der Waals surface area (Å²) in [6.07, 6.45) is 0. The molecule has 1 aromatic carbocycles. The summed E-state index contributed by atoms with van der Waals surface area (Å²) in [6, 6.07) is 9.15. The number of nitrogen functional groups attached to an aromatic ring is 1. The molecule has 1 aliphatic rings. The average Bonchev–Trinajstić information content (AvgIpc) is 3.30. The topological polar surface area (TPSA) is 110 Å². The van der Waals surface area contributed by atoms with Crippen LogP contribution in [0.2, 0.25) is 0 Å². The number of urea groups is 1. The molecule has 4 rings (SSSR count). The van der Waals surface area contributed by atoms with Gasteiger partial charge in [-0.3, -0.25) is 14.5 Å². The highest BCUT2D eigenvalue weighted by Crippen LogP contribution is 2.31. The third-order valence-corrected chi connectivity index (χ3v) is 5.98. The zero-order valence-corrected chi connectivity index (χ0v) is 15.7. The van der Waals surface area contributed by atoms with Gasteiger partial charge in [0.05, 0.1) is 11.1 Å². The van der Waals surface area contributed by atoms with E-state index >= 15 is 0 Å². The summed E-state index contributed by atoms with van der Waals surface area (Å²) in [5.41, 5.74) is 1.33. The maximum absolute atomic E-state index is 12.8. The van der Waals surface area contributed by atoms with Crippen molar-refractivity contribution in [1.82, 2.24) is 19.9 Å². The van der Waals surface area contributed by atoms with Gasteiger partial charge in [-0.15, -0.1) is 11.3 Å². The molecule has 1 saturated heterocycles. The van der Waals surface area contributed by atoms with Gasteiger partial charge in [0.1, 0.15) is 4.83 Å². The number of carbonyl (C=O) groups excluding carboxylic acids is 2. The number of aromatic nitrogens is 2.